The molecule has 104 valence electrons. The molecule has 0 radical (unpaired) electrons. The van der Waals surface area contributed by atoms with Crippen LogP contribution in [0.1, 0.15) is 11.1 Å². The maximum absolute atomic E-state index is 13.2. The van der Waals surface area contributed by atoms with Gasteiger partial charge in [0.25, 0.3) is 5.69 Å². The van der Waals surface area contributed by atoms with Gasteiger partial charge in [-0.05, 0) is 25.0 Å². The maximum atomic E-state index is 13.2. The number of rotatable bonds is 5. The highest BCUT2D eigenvalue weighted by molar-refractivity contribution is 5.51. The molecule has 2 aromatic carbocycles. The average molecular weight is 274 g/mol. The predicted octanol–water partition coefficient (Wildman–Crippen LogP) is 3.70. The highest BCUT2D eigenvalue weighted by Gasteiger charge is 2.09. The summed E-state index contributed by atoms with van der Waals surface area (Å²) in [4.78, 5) is 10.0. The molecule has 1 N–H and O–H groups in total. The normalized spacial score (nSPS) is 10.3. The molecule has 20 heavy (non-hydrogen) atoms. The lowest BCUT2D eigenvalue weighted by molar-refractivity contribution is -0.385. The van der Waals surface area contributed by atoms with E-state index in [2.05, 4.69) is 11.4 Å². The smallest absolute Gasteiger partial charge is 0.274 e. The number of nitro groups is 1. The van der Waals surface area contributed by atoms with Gasteiger partial charge in [-0.1, -0.05) is 29.8 Å². The first-order chi connectivity index (χ1) is 9.54. The third-order valence-electron chi connectivity index (χ3n) is 2.92. The number of aryl methyl sites for hydroxylation is 1. The van der Waals surface area contributed by atoms with Gasteiger partial charge in [-0.3, -0.25) is 10.1 Å². The number of benzene rings is 2. The van der Waals surface area contributed by atoms with E-state index in [0.717, 1.165) is 12.5 Å². The lowest BCUT2D eigenvalue weighted by Crippen LogP contribution is -2.05. The predicted molar refractivity (Wildman–Crippen MR) is 76.4 cm³/mol. The van der Waals surface area contributed by atoms with Gasteiger partial charge in [0, 0.05) is 18.3 Å². The first-order valence-electron chi connectivity index (χ1n) is 6.29. The van der Waals surface area contributed by atoms with E-state index in [1.807, 2.05) is 25.1 Å². The largest absolute Gasteiger partial charge is 0.384 e. The number of hydrogen-bond acceptors (Lipinski definition) is 3. The number of nitrogens with zero attached hydrogens (tertiary/aromatic N) is 1. The molecule has 4 nitrogen and oxygen atoms in total. The van der Waals surface area contributed by atoms with Crippen LogP contribution in [0.2, 0.25) is 0 Å². The van der Waals surface area contributed by atoms with Gasteiger partial charge in [0.05, 0.1) is 11.0 Å². The van der Waals surface area contributed by atoms with E-state index < -0.39 is 10.7 Å². The molecule has 0 amide bonds. The van der Waals surface area contributed by atoms with E-state index in [1.165, 1.54) is 23.3 Å². The minimum absolute atomic E-state index is 0.247. The van der Waals surface area contributed by atoms with Crippen LogP contribution in [0.3, 0.4) is 0 Å². The van der Waals surface area contributed by atoms with Crippen molar-refractivity contribution in [1.82, 2.24) is 0 Å². The number of halogens is 1. The van der Waals surface area contributed by atoms with Crippen LogP contribution in [0.15, 0.2) is 42.5 Å². The molecule has 0 spiro atoms. The van der Waals surface area contributed by atoms with Gasteiger partial charge < -0.3 is 5.32 Å². The van der Waals surface area contributed by atoms with Gasteiger partial charge in [-0.15, -0.1) is 0 Å². The summed E-state index contributed by atoms with van der Waals surface area (Å²) < 4.78 is 13.2. The Hall–Kier alpha value is -2.43. The molecule has 2 aromatic rings. The Morgan fingerprint density at radius 3 is 2.75 bits per heavy atom. The molecule has 0 aromatic heterocycles. The molecule has 0 aliphatic heterocycles. The summed E-state index contributed by atoms with van der Waals surface area (Å²) in [5.41, 5.74) is 2.53. The summed E-state index contributed by atoms with van der Waals surface area (Å²) >= 11 is 0. The third kappa shape index (κ3) is 3.78. The molecule has 0 aliphatic rings. The van der Waals surface area contributed by atoms with E-state index in [1.54, 1.807) is 0 Å². The van der Waals surface area contributed by atoms with Crippen LogP contribution in [0, 0.1) is 22.9 Å². The molecular weight excluding hydrogens is 259 g/mol. The first-order valence-corrected chi connectivity index (χ1v) is 6.29. The standard InChI is InChI=1S/C15H15FN2O2/c1-11-3-2-4-12(7-11)5-6-17-14-8-13(16)9-15(10-14)18(19)20/h2-4,7-10,17H,5-6H2,1H3. The van der Waals surface area contributed by atoms with E-state index in [-0.39, 0.29) is 5.69 Å². The maximum Gasteiger partial charge on any atom is 0.274 e. The van der Waals surface area contributed by atoms with Gasteiger partial charge in [0.2, 0.25) is 0 Å². The SMILES string of the molecule is Cc1cccc(CCNc2cc(F)cc([N+](=O)[O-])c2)c1. The van der Waals surface area contributed by atoms with Crippen molar-refractivity contribution in [2.24, 2.45) is 0 Å². The Balaban J connectivity index is 1.99. The second-order valence-corrected chi connectivity index (χ2v) is 4.62. The van der Waals surface area contributed by atoms with Crippen LogP contribution in [-0.2, 0) is 6.42 Å². The molecule has 2 rings (SSSR count). The monoisotopic (exact) mass is 274 g/mol. The molecule has 0 saturated carbocycles. The molecule has 0 fully saturated rings. The summed E-state index contributed by atoms with van der Waals surface area (Å²) in [5, 5.41) is 13.7. The van der Waals surface area contributed by atoms with Crippen molar-refractivity contribution in [3.8, 4) is 0 Å². The average Bonchev–Trinajstić information content (AvgIpc) is 2.38. The first kappa shape index (κ1) is 14.0. The molecular formula is C15H15FN2O2. The van der Waals surface area contributed by atoms with Crippen LogP contribution in [-0.4, -0.2) is 11.5 Å². The molecule has 0 atom stereocenters. The number of non-ortho nitro benzene ring substituents is 1. The van der Waals surface area contributed by atoms with E-state index >= 15 is 0 Å². The zero-order chi connectivity index (χ0) is 14.5. The Morgan fingerprint density at radius 2 is 2.05 bits per heavy atom. The molecule has 0 heterocycles. The quantitative estimate of drug-likeness (QED) is 0.668. The fourth-order valence-electron chi connectivity index (χ4n) is 2.00. The van der Waals surface area contributed by atoms with Crippen LogP contribution >= 0.6 is 0 Å². The summed E-state index contributed by atoms with van der Waals surface area (Å²) in [6, 6.07) is 11.6. The van der Waals surface area contributed by atoms with E-state index in [4.69, 9.17) is 0 Å². The highest BCUT2D eigenvalue weighted by Crippen LogP contribution is 2.20. The summed E-state index contributed by atoms with van der Waals surface area (Å²) in [5.74, 6) is -0.614. The van der Waals surface area contributed by atoms with Gasteiger partial charge in [0.15, 0.2) is 0 Å². The van der Waals surface area contributed by atoms with Crippen LogP contribution < -0.4 is 5.32 Å². The van der Waals surface area contributed by atoms with Gasteiger partial charge in [0.1, 0.15) is 5.82 Å². The lowest BCUT2D eigenvalue weighted by atomic mass is 10.1. The number of nitrogens with one attached hydrogen (secondary N) is 1. The summed E-state index contributed by atoms with van der Waals surface area (Å²) in [6.07, 6.45) is 0.770. The number of nitro benzene ring substituents is 1. The topological polar surface area (TPSA) is 55.2 Å². The second kappa shape index (κ2) is 6.14. The van der Waals surface area contributed by atoms with Crippen molar-refractivity contribution < 1.29 is 9.31 Å². The molecule has 5 heteroatoms. The van der Waals surface area contributed by atoms with Crippen LogP contribution in [0.5, 0.6) is 0 Å². The van der Waals surface area contributed by atoms with Crippen molar-refractivity contribution >= 4 is 11.4 Å². The molecule has 0 saturated heterocycles. The minimum atomic E-state index is -0.614. The van der Waals surface area contributed by atoms with Crippen LogP contribution in [0.25, 0.3) is 0 Å². The molecule has 0 bridgehead atoms. The molecule has 0 unspecified atom stereocenters. The van der Waals surface area contributed by atoms with E-state index in [0.29, 0.717) is 12.2 Å². The third-order valence-corrected chi connectivity index (χ3v) is 2.92. The Bertz CT molecular complexity index is 629. The summed E-state index contributed by atoms with van der Waals surface area (Å²) in [6.45, 7) is 2.61. The second-order valence-electron chi connectivity index (χ2n) is 4.62. The van der Waals surface area contributed by atoms with Crippen molar-refractivity contribution in [2.75, 3.05) is 11.9 Å². The Morgan fingerprint density at radius 1 is 1.25 bits per heavy atom. The van der Waals surface area contributed by atoms with Crippen molar-refractivity contribution in [1.29, 1.82) is 0 Å². The van der Waals surface area contributed by atoms with Gasteiger partial charge in [-0.25, -0.2) is 4.39 Å². The fraction of sp³-hybridized carbons (Fsp3) is 0.200. The van der Waals surface area contributed by atoms with E-state index in [9.17, 15) is 14.5 Å². The van der Waals surface area contributed by atoms with Crippen molar-refractivity contribution in [2.45, 2.75) is 13.3 Å². The zero-order valence-electron chi connectivity index (χ0n) is 11.1. The zero-order valence-corrected chi connectivity index (χ0v) is 11.1. The Labute approximate surface area is 116 Å². The number of anilines is 1. The van der Waals surface area contributed by atoms with Crippen LogP contribution in [0.4, 0.5) is 15.8 Å². The Kier molecular flexibility index (Phi) is 4.30. The fourth-order valence-corrected chi connectivity index (χ4v) is 2.00. The highest BCUT2D eigenvalue weighted by atomic mass is 19.1. The lowest BCUT2D eigenvalue weighted by Gasteiger charge is -2.07. The minimum Gasteiger partial charge on any atom is -0.384 e. The number of hydrogen-bond donors (Lipinski definition) is 1. The summed E-state index contributed by atoms with van der Waals surface area (Å²) in [7, 11) is 0. The molecule has 0 aliphatic carbocycles. The van der Waals surface area contributed by atoms with Gasteiger partial charge in [-0.2, -0.15) is 0 Å². The van der Waals surface area contributed by atoms with Gasteiger partial charge >= 0.3 is 0 Å². The van der Waals surface area contributed by atoms with Crippen molar-refractivity contribution in [3.05, 3.63) is 69.5 Å². The van der Waals surface area contributed by atoms with Crippen molar-refractivity contribution in [3.63, 3.8) is 0 Å².